The highest BCUT2D eigenvalue weighted by atomic mass is 16.6. The average molecular weight is 560 g/mol. The van der Waals surface area contributed by atoms with Gasteiger partial charge in [0, 0.05) is 22.7 Å². The normalized spacial score (nSPS) is 11.2. The number of para-hydroxylation sites is 4. The van der Waals surface area contributed by atoms with Crippen LogP contribution in [0.3, 0.4) is 0 Å². The third-order valence-corrected chi connectivity index (χ3v) is 6.34. The van der Waals surface area contributed by atoms with Crippen molar-refractivity contribution in [1.82, 2.24) is 9.66 Å². The van der Waals surface area contributed by atoms with Gasteiger partial charge in [0.25, 0.3) is 11.5 Å². The molecule has 0 aliphatic rings. The van der Waals surface area contributed by atoms with Gasteiger partial charge in [-0.1, -0.05) is 54.6 Å². The van der Waals surface area contributed by atoms with Crippen LogP contribution in [0, 0.1) is 10.1 Å². The van der Waals surface area contributed by atoms with Crippen molar-refractivity contribution in [2.24, 2.45) is 5.10 Å². The number of furan rings is 1. The lowest BCUT2D eigenvalue weighted by molar-refractivity contribution is -0.385. The van der Waals surface area contributed by atoms with Crippen molar-refractivity contribution in [3.05, 3.63) is 129 Å². The Morgan fingerprint density at radius 1 is 1.00 bits per heavy atom. The minimum absolute atomic E-state index is 0.140. The van der Waals surface area contributed by atoms with Gasteiger partial charge in [-0.3, -0.25) is 19.7 Å². The van der Waals surface area contributed by atoms with Crippen LogP contribution in [0.15, 0.2) is 117 Å². The van der Waals surface area contributed by atoms with Crippen molar-refractivity contribution < 1.29 is 18.9 Å². The van der Waals surface area contributed by atoms with E-state index in [4.69, 9.17) is 9.15 Å². The lowest BCUT2D eigenvalue weighted by atomic mass is 10.2. The number of ether oxygens (including phenoxy) is 1. The second-order valence-corrected chi connectivity index (χ2v) is 9.12. The van der Waals surface area contributed by atoms with E-state index in [9.17, 15) is 19.7 Å². The molecule has 11 heteroatoms. The van der Waals surface area contributed by atoms with Gasteiger partial charge in [-0.05, 0) is 42.5 Å². The molecule has 0 atom stereocenters. The number of nitro groups is 1. The molecule has 6 rings (SSSR count). The molecule has 0 unspecified atom stereocenters. The molecule has 4 aromatic carbocycles. The van der Waals surface area contributed by atoms with E-state index in [0.717, 1.165) is 10.1 Å². The van der Waals surface area contributed by atoms with E-state index in [1.54, 1.807) is 66.7 Å². The first-order chi connectivity index (χ1) is 20.5. The standard InChI is InChI=1S/C31H21N5O6/c37-28(33-22-11-2-1-3-12-22)19-41-29-21(10-8-15-25(29)36(39)40)18-32-35-30(27-17-20-9-4-7-16-26(20)42-27)34-24-14-6-5-13-23(24)31(35)38/h1-18H,19H2,(H,33,37). The lowest BCUT2D eigenvalue weighted by Crippen LogP contribution is -2.21. The molecular weight excluding hydrogens is 538 g/mol. The molecule has 0 aliphatic heterocycles. The van der Waals surface area contributed by atoms with Gasteiger partial charge < -0.3 is 14.5 Å². The first-order valence-electron chi connectivity index (χ1n) is 12.8. The highest BCUT2D eigenvalue weighted by Crippen LogP contribution is 2.31. The maximum absolute atomic E-state index is 13.6. The summed E-state index contributed by atoms with van der Waals surface area (Å²) in [7, 11) is 0. The fourth-order valence-electron chi connectivity index (χ4n) is 4.40. The van der Waals surface area contributed by atoms with Crippen LogP contribution in [0.25, 0.3) is 33.5 Å². The van der Waals surface area contributed by atoms with Crippen molar-refractivity contribution >= 4 is 45.4 Å². The molecule has 6 aromatic rings. The quantitative estimate of drug-likeness (QED) is 0.145. The average Bonchev–Trinajstić information content (AvgIpc) is 3.44. The zero-order chi connectivity index (χ0) is 29.1. The number of hydrogen-bond acceptors (Lipinski definition) is 8. The minimum Gasteiger partial charge on any atom is -0.476 e. The van der Waals surface area contributed by atoms with Crippen molar-refractivity contribution in [2.45, 2.75) is 0 Å². The number of aromatic nitrogens is 2. The summed E-state index contributed by atoms with van der Waals surface area (Å²) < 4.78 is 12.7. The van der Waals surface area contributed by atoms with E-state index in [1.165, 1.54) is 24.4 Å². The van der Waals surface area contributed by atoms with Gasteiger partial charge >= 0.3 is 5.69 Å². The molecule has 206 valence electrons. The SMILES string of the molecule is O=C(COc1c(C=Nn2c(-c3cc4ccccc4o3)nc3ccccc3c2=O)cccc1[N+](=O)[O-])Nc1ccccc1. The Bertz CT molecular complexity index is 2020. The number of fused-ring (bicyclic) bond motifs is 2. The van der Waals surface area contributed by atoms with Crippen LogP contribution in [-0.4, -0.2) is 33.3 Å². The molecule has 0 aliphatic carbocycles. The van der Waals surface area contributed by atoms with E-state index in [2.05, 4.69) is 15.4 Å². The van der Waals surface area contributed by atoms with E-state index in [1.807, 2.05) is 18.2 Å². The first kappa shape index (κ1) is 26.1. The number of nitrogens with zero attached hydrogens (tertiary/aromatic N) is 4. The minimum atomic E-state index is -0.620. The van der Waals surface area contributed by atoms with Crippen molar-refractivity contribution in [2.75, 3.05) is 11.9 Å². The number of anilines is 1. The summed E-state index contributed by atoms with van der Waals surface area (Å²) in [5, 5.41) is 20.0. The number of amides is 1. The maximum Gasteiger partial charge on any atom is 0.311 e. The number of rotatable bonds is 8. The van der Waals surface area contributed by atoms with E-state index in [-0.39, 0.29) is 22.8 Å². The van der Waals surface area contributed by atoms with Crippen LogP contribution in [-0.2, 0) is 4.79 Å². The lowest BCUT2D eigenvalue weighted by Gasteiger charge is -2.11. The smallest absolute Gasteiger partial charge is 0.311 e. The van der Waals surface area contributed by atoms with Gasteiger partial charge in [0.1, 0.15) is 5.58 Å². The number of nitro benzene ring substituents is 1. The summed E-state index contributed by atoms with van der Waals surface area (Å²) in [6, 6.07) is 28.9. The first-order valence-corrected chi connectivity index (χ1v) is 12.8. The Labute approximate surface area is 237 Å². The Morgan fingerprint density at radius 3 is 2.57 bits per heavy atom. The third kappa shape index (κ3) is 5.21. The summed E-state index contributed by atoms with van der Waals surface area (Å²) in [6.07, 6.45) is 1.25. The van der Waals surface area contributed by atoms with Crippen LogP contribution in [0.2, 0.25) is 0 Å². The summed E-state index contributed by atoms with van der Waals surface area (Å²) in [5.74, 6) is -0.239. The number of hydrogen-bond donors (Lipinski definition) is 1. The van der Waals surface area contributed by atoms with Crippen LogP contribution in [0.1, 0.15) is 5.56 Å². The Hall–Kier alpha value is -6.10. The number of carbonyl (C=O) groups excluding carboxylic acids is 1. The zero-order valence-corrected chi connectivity index (χ0v) is 21.8. The molecule has 1 N–H and O–H groups in total. The van der Waals surface area contributed by atoms with Crippen LogP contribution in [0.4, 0.5) is 11.4 Å². The highest BCUT2D eigenvalue weighted by molar-refractivity contribution is 5.92. The predicted molar refractivity (Wildman–Crippen MR) is 158 cm³/mol. The second kappa shape index (κ2) is 11.2. The van der Waals surface area contributed by atoms with Gasteiger partial charge in [-0.15, -0.1) is 0 Å². The van der Waals surface area contributed by atoms with E-state index < -0.39 is 23.0 Å². The van der Waals surface area contributed by atoms with Gasteiger partial charge in [-0.2, -0.15) is 9.78 Å². The second-order valence-electron chi connectivity index (χ2n) is 9.12. The number of nitrogens with one attached hydrogen (secondary N) is 1. The molecule has 0 saturated carbocycles. The Kier molecular flexibility index (Phi) is 6.96. The van der Waals surface area contributed by atoms with E-state index in [0.29, 0.717) is 27.9 Å². The topological polar surface area (TPSA) is 142 Å². The van der Waals surface area contributed by atoms with Crippen LogP contribution in [0.5, 0.6) is 5.75 Å². The van der Waals surface area contributed by atoms with Gasteiger partial charge in [0.15, 0.2) is 12.4 Å². The number of carbonyl (C=O) groups is 1. The fourth-order valence-corrected chi connectivity index (χ4v) is 4.40. The molecule has 11 nitrogen and oxygen atoms in total. The molecule has 1 amide bonds. The Balaban J connectivity index is 1.40. The zero-order valence-electron chi connectivity index (χ0n) is 21.8. The van der Waals surface area contributed by atoms with Gasteiger partial charge in [-0.25, -0.2) is 4.98 Å². The molecule has 2 heterocycles. The molecule has 0 fully saturated rings. The molecule has 2 aromatic heterocycles. The van der Waals surface area contributed by atoms with Gasteiger partial charge in [0.05, 0.1) is 22.0 Å². The fraction of sp³-hybridized carbons (Fsp3) is 0.0323. The third-order valence-electron chi connectivity index (χ3n) is 6.34. The van der Waals surface area contributed by atoms with Gasteiger partial charge in [0.2, 0.25) is 11.6 Å². The molecule has 0 saturated heterocycles. The highest BCUT2D eigenvalue weighted by Gasteiger charge is 2.21. The van der Waals surface area contributed by atoms with Crippen molar-refractivity contribution in [1.29, 1.82) is 0 Å². The van der Waals surface area contributed by atoms with Crippen LogP contribution >= 0.6 is 0 Å². The summed E-state index contributed by atoms with van der Waals surface area (Å²) in [4.78, 5) is 41.9. The molecule has 42 heavy (non-hydrogen) atoms. The molecule has 0 spiro atoms. The summed E-state index contributed by atoms with van der Waals surface area (Å²) >= 11 is 0. The monoisotopic (exact) mass is 559 g/mol. The summed E-state index contributed by atoms with van der Waals surface area (Å²) in [6.45, 7) is -0.498. The van der Waals surface area contributed by atoms with Crippen molar-refractivity contribution in [3.63, 3.8) is 0 Å². The van der Waals surface area contributed by atoms with Crippen LogP contribution < -0.4 is 15.6 Å². The van der Waals surface area contributed by atoms with Crippen molar-refractivity contribution in [3.8, 4) is 17.3 Å². The maximum atomic E-state index is 13.6. The molecular formula is C31H21N5O6. The van der Waals surface area contributed by atoms with E-state index >= 15 is 0 Å². The summed E-state index contributed by atoms with van der Waals surface area (Å²) in [5.41, 5.74) is 0.946. The molecule has 0 bridgehead atoms. The Morgan fingerprint density at radius 2 is 1.76 bits per heavy atom. The largest absolute Gasteiger partial charge is 0.476 e. The predicted octanol–water partition coefficient (Wildman–Crippen LogP) is 5.62. The molecule has 0 radical (unpaired) electrons. The number of benzene rings is 4.